The van der Waals surface area contributed by atoms with Crippen molar-refractivity contribution in [1.82, 2.24) is 5.32 Å². The van der Waals surface area contributed by atoms with E-state index in [2.05, 4.69) is 5.32 Å². The molecule has 0 fully saturated rings. The zero-order valence-electron chi connectivity index (χ0n) is 12.0. The Morgan fingerprint density at radius 1 is 1.15 bits per heavy atom. The predicted octanol–water partition coefficient (Wildman–Crippen LogP) is 3.47. The predicted molar refractivity (Wildman–Crippen MR) is 82.5 cm³/mol. The summed E-state index contributed by atoms with van der Waals surface area (Å²) in [5.41, 5.74) is 0.384. The van der Waals surface area contributed by atoms with Gasteiger partial charge >= 0.3 is 0 Å². The Hall–Kier alpha value is -2.29. The van der Waals surface area contributed by atoms with Gasteiger partial charge in [-0.05, 0) is 43.7 Å². The second-order valence-corrected chi connectivity index (χ2v) is 5.79. The molecule has 0 bridgehead atoms. The number of fused-ring (bicyclic) bond motifs is 1. The van der Waals surface area contributed by atoms with Crippen molar-refractivity contribution in [2.24, 2.45) is 0 Å². The summed E-state index contributed by atoms with van der Waals surface area (Å²) in [6.07, 6.45) is 3.10. The van der Waals surface area contributed by atoms with Crippen LogP contribution in [0.25, 0.3) is 16.8 Å². The third-order valence-corrected chi connectivity index (χ3v) is 2.85. The van der Waals surface area contributed by atoms with Crippen LogP contribution in [-0.2, 0) is 4.79 Å². The number of phenols is 1. The Morgan fingerprint density at radius 3 is 2.55 bits per heavy atom. The fourth-order valence-electron chi connectivity index (χ4n) is 2.03. The number of phenolic OH excluding ortho intramolecular Hbond substituents is 1. The maximum atomic E-state index is 11.8. The molecule has 2 aromatic rings. The number of benzene rings is 2. The number of carbonyl (C=O) groups excluding carboxylic acids is 1. The van der Waals surface area contributed by atoms with Crippen LogP contribution in [0, 0.1) is 0 Å². The first kappa shape index (κ1) is 14.1. The largest absolute Gasteiger partial charge is 0.507 e. The fourth-order valence-corrected chi connectivity index (χ4v) is 2.03. The molecule has 3 heteroatoms. The Balaban J connectivity index is 2.34. The number of hydrogen-bond acceptors (Lipinski definition) is 2. The van der Waals surface area contributed by atoms with E-state index in [4.69, 9.17) is 0 Å². The van der Waals surface area contributed by atoms with Gasteiger partial charge in [-0.15, -0.1) is 0 Å². The summed E-state index contributed by atoms with van der Waals surface area (Å²) >= 11 is 0. The van der Waals surface area contributed by atoms with Crippen LogP contribution >= 0.6 is 0 Å². The zero-order chi connectivity index (χ0) is 14.8. The molecule has 0 aromatic heterocycles. The molecule has 0 unspecified atom stereocenters. The summed E-state index contributed by atoms with van der Waals surface area (Å²) in [5.74, 6) is -0.00616. The van der Waals surface area contributed by atoms with E-state index in [1.165, 1.54) is 6.08 Å². The van der Waals surface area contributed by atoms with Crippen molar-refractivity contribution < 1.29 is 9.90 Å². The molecule has 0 aliphatic rings. The molecule has 0 aliphatic heterocycles. The Morgan fingerprint density at radius 2 is 1.85 bits per heavy atom. The van der Waals surface area contributed by atoms with Crippen LogP contribution in [0.4, 0.5) is 0 Å². The molecule has 0 saturated heterocycles. The lowest BCUT2D eigenvalue weighted by Crippen LogP contribution is -2.39. The summed E-state index contributed by atoms with van der Waals surface area (Å²) in [7, 11) is 0. The van der Waals surface area contributed by atoms with Gasteiger partial charge in [-0.3, -0.25) is 4.79 Å². The summed E-state index contributed by atoms with van der Waals surface area (Å²) in [4.78, 5) is 11.8. The summed E-state index contributed by atoms with van der Waals surface area (Å²) in [6, 6.07) is 11.3. The SMILES string of the molecule is CC(C)(C)NC(=O)/C=C/c1c(O)ccc2ccccc12. The smallest absolute Gasteiger partial charge is 0.244 e. The van der Waals surface area contributed by atoms with E-state index in [0.717, 1.165) is 10.8 Å². The second kappa shape index (κ2) is 5.37. The van der Waals surface area contributed by atoms with Crippen LogP contribution in [0.15, 0.2) is 42.5 Å². The van der Waals surface area contributed by atoms with Gasteiger partial charge in [0.05, 0.1) is 0 Å². The van der Waals surface area contributed by atoms with E-state index < -0.39 is 0 Å². The molecule has 104 valence electrons. The lowest BCUT2D eigenvalue weighted by Gasteiger charge is -2.19. The van der Waals surface area contributed by atoms with Gasteiger partial charge in [-0.25, -0.2) is 0 Å². The van der Waals surface area contributed by atoms with Gasteiger partial charge in [-0.2, -0.15) is 0 Å². The molecular weight excluding hydrogens is 250 g/mol. The minimum atomic E-state index is -0.276. The maximum Gasteiger partial charge on any atom is 0.244 e. The summed E-state index contributed by atoms with van der Waals surface area (Å²) < 4.78 is 0. The van der Waals surface area contributed by atoms with Crippen LogP contribution in [0.3, 0.4) is 0 Å². The van der Waals surface area contributed by atoms with E-state index in [0.29, 0.717) is 5.56 Å². The van der Waals surface area contributed by atoms with Crippen LogP contribution in [0.2, 0.25) is 0 Å². The van der Waals surface area contributed by atoms with E-state index >= 15 is 0 Å². The highest BCUT2D eigenvalue weighted by atomic mass is 16.3. The van der Waals surface area contributed by atoms with Gasteiger partial charge in [0.1, 0.15) is 5.75 Å². The van der Waals surface area contributed by atoms with E-state index in [9.17, 15) is 9.90 Å². The van der Waals surface area contributed by atoms with Crippen molar-refractivity contribution in [1.29, 1.82) is 0 Å². The molecule has 2 rings (SSSR count). The van der Waals surface area contributed by atoms with Crippen molar-refractivity contribution >= 4 is 22.8 Å². The highest BCUT2D eigenvalue weighted by molar-refractivity contribution is 5.98. The highest BCUT2D eigenvalue weighted by Crippen LogP contribution is 2.28. The maximum absolute atomic E-state index is 11.8. The average molecular weight is 269 g/mol. The van der Waals surface area contributed by atoms with Gasteiger partial charge in [0.15, 0.2) is 0 Å². The standard InChI is InChI=1S/C17H19NO2/c1-17(2,3)18-16(20)11-9-14-13-7-5-4-6-12(13)8-10-15(14)19/h4-11,19H,1-3H3,(H,18,20)/b11-9+. The first-order chi connectivity index (χ1) is 9.37. The number of hydrogen-bond donors (Lipinski definition) is 2. The van der Waals surface area contributed by atoms with Gasteiger partial charge in [-0.1, -0.05) is 30.3 Å². The van der Waals surface area contributed by atoms with Crippen LogP contribution < -0.4 is 5.32 Å². The van der Waals surface area contributed by atoms with E-state index in [1.54, 1.807) is 12.1 Å². The van der Waals surface area contributed by atoms with E-state index in [-0.39, 0.29) is 17.2 Å². The topological polar surface area (TPSA) is 49.3 Å². The molecule has 0 spiro atoms. The summed E-state index contributed by atoms with van der Waals surface area (Å²) in [6.45, 7) is 5.77. The van der Waals surface area contributed by atoms with Crippen LogP contribution in [0.5, 0.6) is 5.75 Å². The monoisotopic (exact) mass is 269 g/mol. The zero-order valence-corrected chi connectivity index (χ0v) is 12.0. The molecule has 2 aromatic carbocycles. The molecule has 1 amide bonds. The van der Waals surface area contributed by atoms with E-state index in [1.807, 2.05) is 51.1 Å². The van der Waals surface area contributed by atoms with Gasteiger partial charge in [0.2, 0.25) is 5.91 Å². The second-order valence-electron chi connectivity index (χ2n) is 5.79. The fraction of sp³-hybridized carbons (Fsp3) is 0.235. The minimum Gasteiger partial charge on any atom is -0.507 e. The van der Waals surface area contributed by atoms with Crippen molar-refractivity contribution in [2.75, 3.05) is 0 Å². The first-order valence-electron chi connectivity index (χ1n) is 6.58. The number of amides is 1. The van der Waals surface area contributed by atoms with Crippen molar-refractivity contribution in [2.45, 2.75) is 26.3 Å². The normalized spacial score (nSPS) is 11.9. The lowest BCUT2D eigenvalue weighted by atomic mass is 10.0. The van der Waals surface area contributed by atoms with Crippen molar-refractivity contribution in [3.05, 3.63) is 48.0 Å². The first-order valence-corrected chi connectivity index (χ1v) is 6.58. The molecule has 0 heterocycles. The number of rotatable bonds is 2. The molecule has 0 saturated carbocycles. The molecule has 2 N–H and O–H groups in total. The summed E-state index contributed by atoms with van der Waals surface area (Å²) in [5, 5.41) is 14.8. The molecule has 20 heavy (non-hydrogen) atoms. The third kappa shape index (κ3) is 3.38. The molecular formula is C17H19NO2. The Kier molecular flexibility index (Phi) is 3.79. The lowest BCUT2D eigenvalue weighted by molar-refractivity contribution is -0.117. The number of nitrogens with one attached hydrogen (secondary N) is 1. The van der Waals surface area contributed by atoms with Gasteiger partial charge < -0.3 is 10.4 Å². The van der Waals surface area contributed by atoms with Crippen LogP contribution in [-0.4, -0.2) is 16.6 Å². The third-order valence-electron chi connectivity index (χ3n) is 2.85. The molecule has 0 aliphatic carbocycles. The average Bonchev–Trinajstić information content (AvgIpc) is 2.35. The Labute approximate surface area is 118 Å². The van der Waals surface area contributed by atoms with Gasteiger partial charge in [0, 0.05) is 17.2 Å². The van der Waals surface area contributed by atoms with Crippen molar-refractivity contribution in [3.8, 4) is 5.75 Å². The van der Waals surface area contributed by atoms with Crippen molar-refractivity contribution in [3.63, 3.8) is 0 Å². The number of carbonyl (C=O) groups is 1. The minimum absolute atomic E-state index is 0.170. The molecule has 0 radical (unpaired) electrons. The highest BCUT2D eigenvalue weighted by Gasteiger charge is 2.11. The Bertz CT molecular complexity index is 666. The molecule has 3 nitrogen and oxygen atoms in total. The van der Waals surface area contributed by atoms with Crippen LogP contribution in [0.1, 0.15) is 26.3 Å². The quantitative estimate of drug-likeness (QED) is 0.820. The van der Waals surface area contributed by atoms with Gasteiger partial charge in [0.25, 0.3) is 0 Å². The number of aromatic hydroxyl groups is 1. The molecule has 0 atom stereocenters.